The standard InChI is InChI=1S/C24H24FN5O/c1-17-11-20(25)12-21-23(17)28-15-19(13-26)24(21)30-9-7-29(8-10-30)16-22(31)27-14-18-5-3-2-4-6-18/h2-6,11-12,15H,7-10,14,16H2,1H3,(H,27,31). The predicted molar refractivity (Wildman–Crippen MR) is 118 cm³/mol. The zero-order chi connectivity index (χ0) is 21.8. The summed E-state index contributed by atoms with van der Waals surface area (Å²) >= 11 is 0. The third-order valence-electron chi connectivity index (χ3n) is 5.61. The van der Waals surface area contributed by atoms with E-state index >= 15 is 0 Å². The summed E-state index contributed by atoms with van der Waals surface area (Å²) in [5, 5.41) is 13.2. The molecule has 158 valence electrons. The lowest BCUT2D eigenvalue weighted by Crippen LogP contribution is -2.49. The Labute approximate surface area is 180 Å². The molecule has 0 aliphatic carbocycles. The van der Waals surface area contributed by atoms with Gasteiger partial charge in [-0.05, 0) is 30.2 Å². The molecule has 1 aliphatic heterocycles. The summed E-state index contributed by atoms with van der Waals surface area (Å²) in [4.78, 5) is 20.9. The normalized spacial score (nSPS) is 14.4. The van der Waals surface area contributed by atoms with Gasteiger partial charge < -0.3 is 10.2 Å². The second-order valence-electron chi connectivity index (χ2n) is 7.78. The van der Waals surface area contributed by atoms with E-state index < -0.39 is 0 Å². The highest BCUT2D eigenvalue weighted by Crippen LogP contribution is 2.32. The van der Waals surface area contributed by atoms with Gasteiger partial charge in [-0.3, -0.25) is 14.7 Å². The van der Waals surface area contributed by atoms with Crippen molar-refractivity contribution in [1.82, 2.24) is 15.2 Å². The molecule has 4 rings (SSSR count). The molecular formula is C24H24FN5O. The Kier molecular flexibility index (Phi) is 6.10. The number of anilines is 1. The Balaban J connectivity index is 1.42. The number of nitrogens with zero attached hydrogens (tertiary/aromatic N) is 4. The Morgan fingerprint density at radius 1 is 1.19 bits per heavy atom. The third kappa shape index (κ3) is 4.65. The number of pyridine rings is 1. The molecule has 2 aromatic carbocycles. The van der Waals surface area contributed by atoms with Crippen LogP contribution in [0.2, 0.25) is 0 Å². The highest BCUT2D eigenvalue weighted by atomic mass is 19.1. The minimum absolute atomic E-state index is 0.0120. The summed E-state index contributed by atoms with van der Waals surface area (Å²) in [6.45, 7) is 5.32. The number of amides is 1. The van der Waals surface area contributed by atoms with Crippen LogP contribution in [0.15, 0.2) is 48.7 Å². The van der Waals surface area contributed by atoms with E-state index in [1.165, 1.54) is 12.1 Å². The fourth-order valence-electron chi connectivity index (χ4n) is 4.03. The van der Waals surface area contributed by atoms with Gasteiger partial charge in [0.05, 0.1) is 23.3 Å². The molecule has 3 aromatic rings. The van der Waals surface area contributed by atoms with Crippen molar-refractivity contribution in [2.75, 3.05) is 37.6 Å². The molecule has 31 heavy (non-hydrogen) atoms. The van der Waals surface area contributed by atoms with Crippen LogP contribution in [-0.2, 0) is 11.3 Å². The van der Waals surface area contributed by atoms with Gasteiger partial charge in [-0.1, -0.05) is 30.3 Å². The number of benzene rings is 2. The molecular weight excluding hydrogens is 393 g/mol. The van der Waals surface area contributed by atoms with Gasteiger partial charge in [0, 0.05) is 44.3 Å². The Hall–Kier alpha value is -3.50. The number of hydrogen-bond donors (Lipinski definition) is 1. The van der Waals surface area contributed by atoms with Crippen LogP contribution < -0.4 is 10.2 Å². The quantitative estimate of drug-likeness (QED) is 0.691. The number of rotatable bonds is 5. The lowest BCUT2D eigenvalue weighted by molar-refractivity contribution is -0.122. The van der Waals surface area contributed by atoms with Crippen LogP contribution in [-0.4, -0.2) is 48.5 Å². The van der Waals surface area contributed by atoms with E-state index in [1.807, 2.05) is 37.3 Å². The van der Waals surface area contributed by atoms with Crippen LogP contribution in [0.1, 0.15) is 16.7 Å². The molecule has 0 radical (unpaired) electrons. The van der Waals surface area contributed by atoms with Crippen LogP contribution in [0.3, 0.4) is 0 Å². The first-order chi connectivity index (χ1) is 15.0. The number of aryl methyl sites for hydroxylation is 1. The van der Waals surface area contributed by atoms with Crippen LogP contribution in [0.5, 0.6) is 0 Å². The van der Waals surface area contributed by atoms with Gasteiger partial charge in [-0.15, -0.1) is 0 Å². The minimum atomic E-state index is -0.336. The number of halogens is 1. The summed E-state index contributed by atoms with van der Waals surface area (Å²) < 4.78 is 14.1. The first-order valence-electron chi connectivity index (χ1n) is 10.3. The molecule has 1 amide bonds. The zero-order valence-corrected chi connectivity index (χ0v) is 17.4. The number of fused-ring (bicyclic) bond motifs is 1. The molecule has 1 fully saturated rings. The summed E-state index contributed by atoms with van der Waals surface area (Å²) in [6, 6.07) is 14.9. The predicted octanol–water partition coefficient (Wildman–Crippen LogP) is 2.99. The molecule has 7 heteroatoms. The van der Waals surface area contributed by atoms with Crippen molar-refractivity contribution in [3.05, 3.63) is 71.2 Å². The van der Waals surface area contributed by atoms with Gasteiger partial charge in [0.15, 0.2) is 0 Å². The van der Waals surface area contributed by atoms with E-state index in [9.17, 15) is 14.4 Å². The maximum atomic E-state index is 14.1. The fourth-order valence-corrected chi connectivity index (χ4v) is 4.03. The average Bonchev–Trinajstić information content (AvgIpc) is 2.78. The zero-order valence-electron chi connectivity index (χ0n) is 17.4. The Morgan fingerprint density at radius 2 is 1.94 bits per heavy atom. The van der Waals surface area contributed by atoms with Gasteiger partial charge in [-0.25, -0.2) is 4.39 Å². The number of carbonyl (C=O) groups excluding carboxylic acids is 1. The van der Waals surface area contributed by atoms with E-state index in [2.05, 4.69) is 26.2 Å². The maximum absolute atomic E-state index is 14.1. The first-order valence-corrected chi connectivity index (χ1v) is 10.3. The smallest absolute Gasteiger partial charge is 0.234 e. The highest BCUT2D eigenvalue weighted by Gasteiger charge is 2.23. The summed E-state index contributed by atoms with van der Waals surface area (Å²) in [5.74, 6) is -0.348. The second-order valence-corrected chi connectivity index (χ2v) is 7.78. The van der Waals surface area contributed by atoms with Crippen molar-refractivity contribution >= 4 is 22.5 Å². The molecule has 1 aliphatic rings. The van der Waals surface area contributed by atoms with Gasteiger partial charge in [0.25, 0.3) is 0 Å². The monoisotopic (exact) mass is 417 g/mol. The molecule has 1 aromatic heterocycles. The van der Waals surface area contributed by atoms with Crippen molar-refractivity contribution in [1.29, 1.82) is 5.26 Å². The van der Waals surface area contributed by atoms with E-state index in [0.29, 0.717) is 55.7 Å². The average molecular weight is 417 g/mol. The molecule has 0 unspecified atom stereocenters. The van der Waals surface area contributed by atoms with Crippen LogP contribution in [0.4, 0.5) is 10.1 Å². The molecule has 6 nitrogen and oxygen atoms in total. The first kappa shape index (κ1) is 20.8. The van der Waals surface area contributed by atoms with Crippen LogP contribution in [0.25, 0.3) is 10.9 Å². The number of nitriles is 1. The molecule has 0 atom stereocenters. The topological polar surface area (TPSA) is 72.3 Å². The molecule has 2 heterocycles. The van der Waals surface area contributed by atoms with Gasteiger partial charge >= 0.3 is 0 Å². The number of carbonyl (C=O) groups is 1. The second kappa shape index (κ2) is 9.11. The summed E-state index contributed by atoms with van der Waals surface area (Å²) in [6.07, 6.45) is 1.56. The van der Waals surface area contributed by atoms with Gasteiger partial charge in [-0.2, -0.15) is 5.26 Å². The largest absolute Gasteiger partial charge is 0.367 e. The van der Waals surface area contributed by atoms with Gasteiger partial charge in [0.2, 0.25) is 5.91 Å². The summed E-state index contributed by atoms with van der Waals surface area (Å²) in [7, 11) is 0. The lowest BCUT2D eigenvalue weighted by Gasteiger charge is -2.36. The number of aromatic nitrogens is 1. The van der Waals surface area contributed by atoms with Crippen molar-refractivity contribution in [3.63, 3.8) is 0 Å². The Bertz CT molecular complexity index is 1130. The minimum Gasteiger partial charge on any atom is -0.367 e. The molecule has 1 saturated heterocycles. The Morgan fingerprint density at radius 3 is 2.65 bits per heavy atom. The van der Waals surface area contributed by atoms with E-state index in [-0.39, 0.29) is 11.7 Å². The van der Waals surface area contributed by atoms with Crippen molar-refractivity contribution in [2.24, 2.45) is 0 Å². The lowest BCUT2D eigenvalue weighted by atomic mass is 10.0. The van der Waals surface area contributed by atoms with Crippen molar-refractivity contribution < 1.29 is 9.18 Å². The molecule has 0 spiro atoms. The van der Waals surface area contributed by atoms with E-state index in [0.717, 1.165) is 16.8 Å². The fraction of sp³-hybridized carbons (Fsp3) is 0.292. The maximum Gasteiger partial charge on any atom is 0.234 e. The summed E-state index contributed by atoms with van der Waals surface area (Å²) in [5.41, 5.74) is 3.68. The SMILES string of the molecule is Cc1cc(F)cc2c(N3CCN(CC(=O)NCc4ccccc4)CC3)c(C#N)cnc12. The van der Waals surface area contributed by atoms with Gasteiger partial charge in [0.1, 0.15) is 11.9 Å². The molecule has 1 N–H and O–H groups in total. The third-order valence-corrected chi connectivity index (χ3v) is 5.61. The molecule has 0 bridgehead atoms. The number of hydrogen-bond acceptors (Lipinski definition) is 5. The number of piperazine rings is 1. The van der Waals surface area contributed by atoms with E-state index in [1.54, 1.807) is 6.20 Å². The van der Waals surface area contributed by atoms with Crippen LogP contribution >= 0.6 is 0 Å². The molecule has 0 saturated carbocycles. The van der Waals surface area contributed by atoms with E-state index in [4.69, 9.17) is 0 Å². The van der Waals surface area contributed by atoms with Crippen molar-refractivity contribution in [2.45, 2.75) is 13.5 Å². The number of nitrogens with one attached hydrogen (secondary N) is 1. The van der Waals surface area contributed by atoms with Crippen LogP contribution in [0, 0.1) is 24.1 Å². The highest BCUT2D eigenvalue weighted by molar-refractivity contribution is 5.96. The van der Waals surface area contributed by atoms with Crippen molar-refractivity contribution in [3.8, 4) is 6.07 Å².